The molecule has 0 aromatic heterocycles. The molecule has 35 heavy (non-hydrogen) atoms. The quantitative estimate of drug-likeness (QED) is 0.324. The van der Waals surface area contributed by atoms with Crippen LogP contribution in [0.25, 0.3) is 0 Å². The van der Waals surface area contributed by atoms with Crippen molar-refractivity contribution in [2.45, 2.75) is 45.0 Å². The highest BCUT2D eigenvalue weighted by atomic mass is 35.5. The number of hydrogen-bond acceptors (Lipinski definition) is 3. The van der Waals surface area contributed by atoms with Crippen LogP contribution >= 0.6 is 23.4 Å². The molecular weight excluding hydrogens is 476 g/mol. The summed E-state index contributed by atoms with van der Waals surface area (Å²) in [5, 5.41) is 3.62. The zero-order chi connectivity index (χ0) is 25.0. The Labute approximate surface area is 218 Å². The molecule has 0 saturated carbocycles. The third kappa shape index (κ3) is 8.75. The second-order valence-corrected chi connectivity index (χ2v) is 10.0. The van der Waals surface area contributed by atoms with Crippen molar-refractivity contribution in [1.29, 1.82) is 0 Å². The van der Waals surface area contributed by atoms with Crippen molar-refractivity contribution in [2.75, 3.05) is 12.3 Å². The van der Waals surface area contributed by atoms with Crippen molar-refractivity contribution in [3.8, 4) is 0 Å². The van der Waals surface area contributed by atoms with E-state index >= 15 is 0 Å². The van der Waals surface area contributed by atoms with Crippen LogP contribution in [-0.4, -0.2) is 35.1 Å². The van der Waals surface area contributed by atoms with E-state index in [0.717, 1.165) is 23.3 Å². The lowest BCUT2D eigenvalue weighted by molar-refractivity contribution is -0.139. The van der Waals surface area contributed by atoms with Crippen molar-refractivity contribution in [1.82, 2.24) is 10.2 Å². The SMILES string of the molecule is CCCNC(=O)[C@@H](Cc1ccccc1)N(Cc1cccc(Cl)c1)C(=O)CSCc1ccc(C)cc1. The molecule has 3 aromatic rings. The Morgan fingerprint density at radius 1 is 0.943 bits per heavy atom. The summed E-state index contributed by atoms with van der Waals surface area (Å²) in [4.78, 5) is 28.6. The average molecular weight is 509 g/mol. The Bertz CT molecular complexity index is 1090. The molecule has 1 N–H and O–H groups in total. The molecule has 0 radical (unpaired) electrons. The van der Waals surface area contributed by atoms with Gasteiger partial charge in [0.2, 0.25) is 11.8 Å². The standard InChI is InChI=1S/C29H33ClN2O2S/c1-3-16-31-29(34)27(18-23-8-5-4-6-9-23)32(19-25-10-7-11-26(30)17-25)28(33)21-35-20-24-14-12-22(2)13-15-24/h4-15,17,27H,3,16,18-21H2,1-2H3,(H,31,34)/t27-/m1/s1. The monoisotopic (exact) mass is 508 g/mol. The maximum absolute atomic E-state index is 13.6. The lowest BCUT2D eigenvalue weighted by atomic mass is 10.0. The van der Waals surface area contributed by atoms with Gasteiger partial charge in [-0.25, -0.2) is 0 Å². The molecule has 0 unspecified atom stereocenters. The molecule has 0 fully saturated rings. The molecule has 3 aromatic carbocycles. The lowest BCUT2D eigenvalue weighted by Gasteiger charge is -2.31. The van der Waals surface area contributed by atoms with Gasteiger partial charge in [-0.1, -0.05) is 90.8 Å². The number of hydrogen-bond donors (Lipinski definition) is 1. The van der Waals surface area contributed by atoms with Crippen LogP contribution in [0.1, 0.15) is 35.6 Å². The summed E-state index contributed by atoms with van der Waals surface area (Å²) in [5.41, 5.74) is 4.30. The molecule has 3 rings (SSSR count). The van der Waals surface area contributed by atoms with Crippen molar-refractivity contribution >= 4 is 35.2 Å². The fourth-order valence-electron chi connectivity index (χ4n) is 3.78. The topological polar surface area (TPSA) is 49.4 Å². The summed E-state index contributed by atoms with van der Waals surface area (Å²) in [5.74, 6) is 0.840. The smallest absolute Gasteiger partial charge is 0.243 e. The van der Waals surface area contributed by atoms with Crippen LogP contribution in [-0.2, 0) is 28.3 Å². The molecule has 0 saturated heterocycles. The van der Waals surface area contributed by atoms with Gasteiger partial charge in [0.05, 0.1) is 5.75 Å². The molecule has 0 aliphatic carbocycles. The van der Waals surface area contributed by atoms with Crippen LogP contribution in [0.3, 0.4) is 0 Å². The molecule has 0 spiro atoms. The molecule has 1 atom stereocenters. The number of thioether (sulfide) groups is 1. The summed E-state index contributed by atoms with van der Waals surface area (Å²) in [6, 6.07) is 25.0. The predicted octanol–water partition coefficient (Wildman–Crippen LogP) is 6.05. The largest absolute Gasteiger partial charge is 0.354 e. The fraction of sp³-hybridized carbons (Fsp3) is 0.310. The second-order valence-electron chi connectivity index (χ2n) is 8.63. The molecular formula is C29H33ClN2O2S. The Kier molecular flexibility index (Phi) is 10.7. The first-order valence-corrected chi connectivity index (χ1v) is 13.5. The summed E-state index contributed by atoms with van der Waals surface area (Å²) >= 11 is 7.79. The lowest BCUT2D eigenvalue weighted by Crippen LogP contribution is -2.51. The number of carbonyl (C=O) groups excluding carboxylic acids is 2. The Hall–Kier alpha value is -2.76. The number of nitrogens with zero attached hydrogens (tertiary/aromatic N) is 1. The Morgan fingerprint density at radius 2 is 1.66 bits per heavy atom. The van der Waals surface area contributed by atoms with E-state index in [-0.39, 0.29) is 11.8 Å². The highest BCUT2D eigenvalue weighted by Gasteiger charge is 2.30. The summed E-state index contributed by atoms with van der Waals surface area (Å²) < 4.78 is 0. The normalized spacial score (nSPS) is 11.6. The molecule has 2 amide bonds. The highest BCUT2D eigenvalue weighted by molar-refractivity contribution is 7.99. The fourth-order valence-corrected chi connectivity index (χ4v) is 4.86. The van der Waals surface area contributed by atoms with Gasteiger partial charge >= 0.3 is 0 Å². The molecule has 0 heterocycles. The number of benzene rings is 3. The van der Waals surface area contributed by atoms with Crippen LogP contribution in [0.4, 0.5) is 0 Å². The van der Waals surface area contributed by atoms with Gasteiger partial charge in [0.25, 0.3) is 0 Å². The zero-order valence-electron chi connectivity index (χ0n) is 20.4. The first kappa shape index (κ1) is 26.8. The van der Waals surface area contributed by atoms with Crippen LogP contribution < -0.4 is 5.32 Å². The van der Waals surface area contributed by atoms with Gasteiger partial charge in [0, 0.05) is 30.3 Å². The highest BCUT2D eigenvalue weighted by Crippen LogP contribution is 2.20. The molecule has 0 bridgehead atoms. The van der Waals surface area contributed by atoms with Gasteiger partial charge < -0.3 is 10.2 Å². The van der Waals surface area contributed by atoms with Gasteiger partial charge in [0.1, 0.15) is 6.04 Å². The summed E-state index contributed by atoms with van der Waals surface area (Å²) in [6.45, 7) is 4.97. The molecule has 0 aliphatic rings. The number of carbonyl (C=O) groups is 2. The van der Waals surface area contributed by atoms with Crippen molar-refractivity contribution in [3.05, 3.63) is 106 Å². The van der Waals surface area contributed by atoms with Gasteiger partial charge in [-0.3, -0.25) is 9.59 Å². The molecule has 184 valence electrons. The number of rotatable bonds is 12. The van der Waals surface area contributed by atoms with E-state index in [2.05, 4.69) is 36.5 Å². The summed E-state index contributed by atoms with van der Waals surface area (Å²) in [6.07, 6.45) is 1.28. The van der Waals surface area contributed by atoms with Crippen LogP contribution in [0.5, 0.6) is 0 Å². The number of nitrogens with one attached hydrogen (secondary N) is 1. The molecule has 0 aliphatic heterocycles. The maximum Gasteiger partial charge on any atom is 0.243 e. The Balaban J connectivity index is 1.82. The zero-order valence-corrected chi connectivity index (χ0v) is 21.9. The molecule has 6 heteroatoms. The number of amides is 2. The van der Waals surface area contributed by atoms with Gasteiger partial charge in [-0.2, -0.15) is 0 Å². The third-order valence-electron chi connectivity index (χ3n) is 5.68. The van der Waals surface area contributed by atoms with Gasteiger partial charge in [-0.15, -0.1) is 11.8 Å². The minimum Gasteiger partial charge on any atom is -0.354 e. The van der Waals surface area contributed by atoms with Gasteiger partial charge in [0.15, 0.2) is 0 Å². The first-order chi connectivity index (χ1) is 17.0. The predicted molar refractivity (Wildman–Crippen MR) is 147 cm³/mol. The minimum absolute atomic E-state index is 0.0605. The van der Waals surface area contributed by atoms with E-state index in [1.54, 1.807) is 16.7 Å². The van der Waals surface area contributed by atoms with Crippen LogP contribution in [0.2, 0.25) is 5.02 Å². The van der Waals surface area contributed by atoms with E-state index in [9.17, 15) is 9.59 Å². The molecule has 4 nitrogen and oxygen atoms in total. The number of aryl methyl sites for hydroxylation is 1. The van der Waals surface area contributed by atoms with Gasteiger partial charge in [-0.05, 0) is 42.2 Å². The van der Waals surface area contributed by atoms with E-state index < -0.39 is 6.04 Å². The van der Waals surface area contributed by atoms with Crippen molar-refractivity contribution < 1.29 is 9.59 Å². The van der Waals surface area contributed by atoms with Crippen molar-refractivity contribution in [2.24, 2.45) is 0 Å². The number of halogens is 1. The maximum atomic E-state index is 13.6. The second kappa shape index (κ2) is 14.0. The summed E-state index contributed by atoms with van der Waals surface area (Å²) in [7, 11) is 0. The van der Waals surface area contributed by atoms with Crippen molar-refractivity contribution in [3.63, 3.8) is 0 Å². The third-order valence-corrected chi connectivity index (χ3v) is 6.90. The van der Waals surface area contributed by atoms with Crippen LogP contribution in [0.15, 0.2) is 78.9 Å². The minimum atomic E-state index is -0.615. The Morgan fingerprint density at radius 3 is 2.34 bits per heavy atom. The van der Waals surface area contributed by atoms with E-state index in [1.807, 2.05) is 61.5 Å². The average Bonchev–Trinajstić information content (AvgIpc) is 2.86. The first-order valence-electron chi connectivity index (χ1n) is 11.9. The van der Waals surface area contributed by atoms with E-state index in [1.165, 1.54) is 11.1 Å². The van der Waals surface area contributed by atoms with E-state index in [4.69, 9.17) is 11.6 Å². The van der Waals surface area contributed by atoms with E-state index in [0.29, 0.717) is 30.3 Å². The van der Waals surface area contributed by atoms with Crippen LogP contribution in [0, 0.1) is 6.92 Å².